The Morgan fingerprint density at radius 2 is 2.26 bits per heavy atom. The minimum Gasteiger partial charge on any atom is -0.294 e. The predicted octanol–water partition coefficient (Wildman–Crippen LogP) is 4.48. The molecule has 1 aliphatic carbocycles. The summed E-state index contributed by atoms with van der Waals surface area (Å²) in [4.78, 5) is 12.8. The number of hydrogen-bond acceptors (Lipinski definition) is 1. The van der Waals surface area contributed by atoms with Gasteiger partial charge < -0.3 is 0 Å². The first kappa shape index (κ1) is 13.7. The number of carbonyl (C=O) groups is 1. The van der Waals surface area contributed by atoms with Crippen molar-refractivity contribution >= 4 is 5.78 Å². The SMILES string of the molecule is C=CC[C@@]1(CC(=C)C)CCc2ccc(F)cc2C1=O. The van der Waals surface area contributed by atoms with Gasteiger partial charge in [-0.25, -0.2) is 4.39 Å². The summed E-state index contributed by atoms with van der Waals surface area (Å²) in [6.45, 7) is 9.61. The van der Waals surface area contributed by atoms with Gasteiger partial charge in [0.05, 0.1) is 0 Å². The van der Waals surface area contributed by atoms with E-state index in [1.54, 1.807) is 12.1 Å². The molecule has 19 heavy (non-hydrogen) atoms. The highest BCUT2D eigenvalue weighted by atomic mass is 19.1. The Hall–Kier alpha value is -1.70. The van der Waals surface area contributed by atoms with Gasteiger partial charge >= 0.3 is 0 Å². The first-order valence-electron chi connectivity index (χ1n) is 6.57. The van der Waals surface area contributed by atoms with Crippen LogP contribution in [0.3, 0.4) is 0 Å². The van der Waals surface area contributed by atoms with Gasteiger partial charge in [0.1, 0.15) is 5.82 Å². The van der Waals surface area contributed by atoms with E-state index in [2.05, 4.69) is 13.2 Å². The number of Topliss-reactive ketones (excluding diaryl/α,β-unsaturated/α-hetero) is 1. The normalized spacial score (nSPS) is 21.9. The molecule has 0 unspecified atom stereocenters. The Labute approximate surface area is 113 Å². The molecule has 2 heteroatoms. The van der Waals surface area contributed by atoms with Crippen molar-refractivity contribution in [2.75, 3.05) is 0 Å². The van der Waals surface area contributed by atoms with E-state index in [0.29, 0.717) is 18.4 Å². The summed E-state index contributed by atoms with van der Waals surface area (Å²) >= 11 is 0. The monoisotopic (exact) mass is 258 g/mol. The zero-order chi connectivity index (χ0) is 14.0. The highest BCUT2D eigenvalue weighted by Gasteiger charge is 2.41. The van der Waals surface area contributed by atoms with E-state index in [-0.39, 0.29) is 11.6 Å². The van der Waals surface area contributed by atoms with Gasteiger partial charge in [0.15, 0.2) is 5.78 Å². The molecule has 2 rings (SSSR count). The third-order valence-corrected chi connectivity index (χ3v) is 3.85. The lowest BCUT2D eigenvalue weighted by Gasteiger charge is -2.36. The van der Waals surface area contributed by atoms with Gasteiger partial charge in [-0.2, -0.15) is 0 Å². The maximum atomic E-state index is 13.4. The summed E-state index contributed by atoms with van der Waals surface area (Å²) in [6, 6.07) is 4.51. The molecule has 0 bridgehead atoms. The molecule has 1 aromatic rings. The summed E-state index contributed by atoms with van der Waals surface area (Å²) in [6.07, 6.45) is 4.64. The van der Waals surface area contributed by atoms with Crippen LogP contribution in [0.5, 0.6) is 0 Å². The number of rotatable bonds is 4. The van der Waals surface area contributed by atoms with E-state index in [9.17, 15) is 9.18 Å². The molecule has 0 saturated carbocycles. The molecule has 0 saturated heterocycles. The van der Waals surface area contributed by atoms with Crippen LogP contribution in [0.2, 0.25) is 0 Å². The number of hydrogen-bond donors (Lipinski definition) is 0. The lowest BCUT2D eigenvalue weighted by molar-refractivity contribution is 0.0757. The van der Waals surface area contributed by atoms with Crippen LogP contribution >= 0.6 is 0 Å². The van der Waals surface area contributed by atoms with Crippen LogP contribution in [0, 0.1) is 11.2 Å². The van der Waals surface area contributed by atoms with Crippen molar-refractivity contribution in [3.63, 3.8) is 0 Å². The fourth-order valence-corrected chi connectivity index (χ4v) is 3.04. The second-order valence-electron chi connectivity index (χ2n) is 5.54. The molecule has 0 N–H and O–H groups in total. The molecule has 0 spiro atoms. The van der Waals surface area contributed by atoms with Crippen LogP contribution in [-0.4, -0.2) is 5.78 Å². The molecule has 1 aliphatic rings. The number of carbonyl (C=O) groups excluding carboxylic acids is 1. The molecule has 1 aromatic carbocycles. The second-order valence-corrected chi connectivity index (χ2v) is 5.54. The Morgan fingerprint density at radius 1 is 1.53 bits per heavy atom. The minimum atomic E-state index is -0.478. The smallest absolute Gasteiger partial charge is 0.170 e. The first-order chi connectivity index (χ1) is 8.98. The number of fused-ring (bicyclic) bond motifs is 1. The van der Waals surface area contributed by atoms with Crippen LogP contribution in [0.4, 0.5) is 4.39 Å². The molecule has 0 fully saturated rings. The van der Waals surface area contributed by atoms with Crippen molar-refractivity contribution in [2.45, 2.75) is 32.6 Å². The molecule has 0 heterocycles. The molecule has 1 atom stereocenters. The lowest BCUT2D eigenvalue weighted by atomic mass is 9.65. The summed E-state index contributed by atoms with van der Waals surface area (Å²) in [7, 11) is 0. The van der Waals surface area contributed by atoms with Gasteiger partial charge in [-0.3, -0.25) is 4.79 Å². The third-order valence-electron chi connectivity index (χ3n) is 3.85. The highest BCUT2D eigenvalue weighted by molar-refractivity contribution is 6.03. The van der Waals surface area contributed by atoms with Crippen molar-refractivity contribution in [1.82, 2.24) is 0 Å². The predicted molar refractivity (Wildman–Crippen MR) is 75.7 cm³/mol. The first-order valence-corrected chi connectivity index (χ1v) is 6.57. The minimum absolute atomic E-state index is 0.0381. The molecule has 0 aromatic heterocycles. The molecule has 0 aliphatic heterocycles. The van der Waals surface area contributed by atoms with Gasteiger partial charge in [0.25, 0.3) is 0 Å². The number of aryl methyl sites for hydroxylation is 1. The second kappa shape index (κ2) is 5.12. The maximum Gasteiger partial charge on any atom is 0.170 e. The number of halogens is 1. The molecular formula is C17H19FO. The average Bonchev–Trinajstić information content (AvgIpc) is 2.34. The number of benzene rings is 1. The fourth-order valence-electron chi connectivity index (χ4n) is 3.04. The van der Waals surface area contributed by atoms with Gasteiger partial charge in [-0.05, 0) is 50.3 Å². The van der Waals surface area contributed by atoms with Crippen LogP contribution in [0.15, 0.2) is 43.0 Å². The summed E-state index contributed by atoms with van der Waals surface area (Å²) < 4.78 is 13.4. The molecule has 0 amide bonds. The Morgan fingerprint density at radius 3 is 2.89 bits per heavy atom. The molecular weight excluding hydrogens is 239 g/mol. The van der Waals surface area contributed by atoms with Gasteiger partial charge in [-0.1, -0.05) is 17.7 Å². The molecule has 100 valence electrons. The zero-order valence-electron chi connectivity index (χ0n) is 11.3. The average molecular weight is 258 g/mol. The van der Waals surface area contributed by atoms with Crippen LogP contribution < -0.4 is 0 Å². The fraction of sp³-hybridized carbons (Fsp3) is 0.353. The Balaban J connectivity index is 2.46. The van der Waals surface area contributed by atoms with E-state index in [1.807, 2.05) is 6.92 Å². The molecule has 0 radical (unpaired) electrons. The van der Waals surface area contributed by atoms with Gasteiger partial charge in [0, 0.05) is 11.0 Å². The Kier molecular flexibility index (Phi) is 3.70. The van der Waals surface area contributed by atoms with E-state index in [4.69, 9.17) is 0 Å². The van der Waals surface area contributed by atoms with Crippen molar-refractivity contribution < 1.29 is 9.18 Å². The van der Waals surface area contributed by atoms with E-state index >= 15 is 0 Å². The number of allylic oxidation sites excluding steroid dienone is 2. The van der Waals surface area contributed by atoms with Crippen molar-refractivity contribution in [1.29, 1.82) is 0 Å². The molecule has 1 nitrogen and oxygen atoms in total. The quantitative estimate of drug-likeness (QED) is 0.727. The van der Waals surface area contributed by atoms with E-state index < -0.39 is 5.41 Å². The Bertz CT molecular complexity index is 544. The van der Waals surface area contributed by atoms with Crippen LogP contribution in [-0.2, 0) is 6.42 Å². The number of ketones is 1. The van der Waals surface area contributed by atoms with Gasteiger partial charge in [-0.15, -0.1) is 13.2 Å². The van der Waals surface area contributed by atoms with Crippen molar-refractivity contribution in [2.24, 2.45) is 5.41 Å². The maximum absolute atomic E-state index is 13.4. The highest BCUT2D eigenvalue weighted by Crippen LogP contribution is 2.43. The summed E-state index contributed by atoms with van der Waals surface area (Å²) in [5.41, 5.74) is 1.99. The van der Waals surface area contributed by atoms with E-state index in [0.717, 1.165) is 24.0 Å². The van der Waals surface area contributed by atoms with Crippen LogP contribution in [0.25, 0.3) is 0 Å². The summed E-state index contributed by atoms with van der Waals surface area (Å²) in [5.74, 6) is -0.312. The van der Waals surface area contributed by atoms with Crippen molar-refractivity contribution in [3.8, 4) is 0 Å². The largest absolute Gasteiger partial charge is 0.294 e. The van der Waals surface area contributed by atoms with Gasteiger partial charge in [0.2, 0.25) is 0 Å². The van der Waals surface area contributed by atoms with E-state index in [1.165, 1.54) is 12.1 Å². The standard InChI is InChI=1S/C17H19FO/c1-4-8-17(11-12(2)3)9-7-13-5-6-14(18)10-15(13)16(17)19/h4-6,10H,1-2,7-9,11H2,3H3/t17-/m0/s1. The third kappa shape index (κ3) is 2.53. The van der Waals surface area contributed by atoms with Crippen molar-refractivity contribution in [3.05, 3.63) is 60.0 Å². The van der Waals surface area contributed by atoms with Crippen LogP contribution in [0.1, 0.15) is 42.1 Å². The zero-order valence-corrected chi connectivity index (χ0v) is 11.3. The topological polar surface area (TPSA) is 17.1 Å². The summed E-state index contributed by atoms with van der Waals surface area (Å²) in [5, 5.41) is 0. The lowest BCUT2D eigenvalue weighted by Crippen LogP contribution is -2.36.